The molecule has 0 aliphatic heterocycles. The van der Waals surface area contributed by atoms with Crippen LogP contribution in [-0.2, 0) is 9.05 Å². The predicted molar refractivity (Wildman–Crippen MR) is 80.9 cm³/mol. The molecule has 0 fully saturated rings. The lowest BCUT2D eigenvalue weighted by molar-refractivity contribution is 0.0793. The minimum atomic E-state index is -3.92. The number of carbonyl (C=O) groups excluding carboxylic acids is 1. The lowest BCUT2D eigenvalue weighted by Gasteiger charge is -2.17. The fourth-order valence-electron chi connectivity index (χ4n) is 1.62. The molecule has 0 saturated heterocycles. The molecule has 1 rings (SSSR count). The van der Waals surface area contributed by atoms with Gasteiger partial charge in [-0.2, -0.15) is 0 Å². The second-order valence-corrected chi connectivity index (χ2v) is 7.27. The number of carbonyl (C=O) groups is 1. The fraction of sp³-hybridized carbons (Fsp3) is 0.308. The van der Waals surface area contributed by atoms with Gasteiger partial charge in [0.25, 0.3) is 15.0 Å². The molecule has 0 N–H and O–H groups in total. The lowest BCUT2D eigenvalue weighted by Crippen LogP contribution is -2.27. The van der Waals surface area contributed by atoms with Gasteiger partial charge in [-0.3, -0.25) is 4.79 Å². The van der Waals surface area contributed by atoms with Gasteiger partial charge in [0.1, 0.15) is 0 Å². The van der Waals surface area contributed by atoms with Crippen molar-refractivity contribution in [2.24, 2.45) is 0 Å². The van der Waals surface area contributed by atoms with Crippen molar-refractivity contribution in [3.8, 4) is 0 Å². The van der Waals surface area contributed by atoms with Crippen LogP contribution >= 0.6 is 22.3 Å². The first-order valence-corrected chi connectivity index (χ1v) is 8.56. The average molecular weight is 336 g/mol. The summed E-state index contributed by atoms with van der Waals surface area (Å²) in [6.45, 7) is 4.15. The van der Waals surface area contributed by atoms with Crippen molar-refractivity contribution in [1.29, 1.82) is 0 Å². The Kier molecular flexibility index (Phi) is 6.05. The SMILES string of the molecule is C=CCCCN(C)C(=O)c1cc(Cl)cc(S(=O)(=O)Cl)c1. The van der Waals surface area contributed by atoms with E-state index in [0.29, 0.717) is 6.54 Å². The van der Waals surface area contributed by atoms with Crippen LogP contribution in [0.5, 0.6) is 0 Å². The zero-order valence-electron chi connectivity index (χ0n) is 11.0. The number of unbranched alkanes of at least 4 members (excludes halogenated alkanes) is 1. The average Bonchev–Trinajstić information content (AvgIpc) is 2.36. The van der Waals surface area contributed by atoms with Crippen molar-refractivity contribution in [3.05, 3.63) is 41.4 Å². The van der Waals surface area contributed by atoms with Gasteiger partial charge in [0.15, 0.2) is 0 Å². The first-order valence-electron chi connectivity index (χ1n) is 5.87. The number of allylic oxidation sites excluding steroid dienone is 1. The molecule has 0 atom stereocenters. The largest absolute Gasteiger partial charge is 0.342 e. The lowest BCUT2D eigenvalue weighted by atomic mass is 10.2. The number of benzene rings is 1. The monoisotopic (exact) mass is 335 g/mol. The van der Waals surface area contributed by atoms with E-state index in [0.717, 1.165) is 12.8 Å². The molecule has 110 valence electrons. The van der Waals surface area contributed by atoms with E-state index in [9.17, 15) is 13.2 Å². The molecule has 1 aromatic rings. The highest BCUT2D eigenvalue weighted by atomic mass is 35.7. The Morgan fingerprint density at radius 2 is 2.05 bits per heavy atom. The van der Waals surface area contributed by atoms with E-state index in [1.54, 1.807) is 13.1 Å². The van der Waals surface area contributed by atoms with Gasteiger partial charge in [0.05, 0.1) is 4.90 Å². The zero-order chi connectivity index (χ0) is 15.3. The van der Waals surface area contributed by atoms with Crippen LogP contribution in [0, 0.1) is 0 Å². The van der Waals surface area contributed by atoms with Gasteiger partial charge in [-0.1, -0.05) is 17.7 Å². The number of amides is 1. The topological polar surface area (TPSA) is 54.5 Å². The molecule has 1 amide bonds. The van der Waals surface area contributed by atoms with Crippen LogP contribution in [0.4, 0.5) is 0 Å². The van der Waals surface area contributed by atoms with Crippen LogP contribution in [0.25, 0.3) is 0 Å². The van der Waals surface area contributed by atoms with E-state index < -0.39 is 9.05 Å². The Balaban J connectivity index is 2.98. The molecule has 0 saturated carbocycles. The van der Waals surface area contributed by atoms with Crippen LogP contribution in [0.15, 0.2) is 35.7 Å². The van der Waals surface area contributed by atoms with Crippen LogP contribution in [0.2, 0.25) is 5.02 Å². The molecule has 20 heavy (non-hydrogen) atoms. The molecule has 0 unspecified atom stereocenters. The van der Waals surface area contributed by atoms with Crippen molar-refractivity contribution in [2.75, 3.05) is 13.6 Å². The van der Waals surface area contributed by atoms with Gasteiger partial charge in [0.2, 0.25) is 0 Å². The number of nitrogens with zero attached hydrogens (tertiary/aromatic N) is 1. The fourth-order valence-corrected chi connectivity index (χ4v) is 2.72. The summed E-state index contributed by atoms with van der Waals surface area (Å²) in [5.74, 6) is -0.307. The highest BCUT2D eigenvalue weighted by molar-refractivity contribution is 8.13. The Hall–Kier alpha value is -1.04. The first-order chi connectivity index (χ1) is 9.25. The van der Waals surface area contributed by atoms with Crippen LogP contribution in [-0.4, -0.2) is 32.8 Å². The molecule has 1 aromatic carbocycles. The van der Waals surface area contributed by atoms with Crippen LogP contribution in [0.3, 0.4) is 0 Å². The minimum absolute atomic E-state index is 0.148. The standard InChI is InChI=1S/C13H15Cl2NO3S/c1-3-4-5-6-16(2)13(17)10-7-11(14)9-12(8-10)20(15,18)19/h3,7-9H,1,4-6H2,2H3. The molecular weight excluding hydrogens is 321 g/mol. The molecule has 0 aromatic heterocycles. The zero-order valence-corrected chi connectivity index (χ0v) is 13.3. The van der Waals surface area contributed by atoms with Crippen molar-refractivity contribution in [3.63, 3.8) is 0 Å². The number of hydrogen-bond acceptors (Lipinski definition) is 3. The van der Waals surface area contributed by atoms with Crippen LogP contribution in [0.1, 0.15) is 23.2 Å². The van der Waals surface area contributed by atoms with Gasteiger partial charge >= 0.3 is 0 Å². The predicted octanol–water partition coefficient (Wildman–Crippen LogP) is 3.31. The third-order valence-corrected chi connectivity index (χ3v) is 4.20. The summed E-state index contributed by atoms with van der Waals surface area (Å²) in [4.78, 5) is 13.5. The maximum absolute atomic E-state index is 12.2. The van der Waals surface area contributed by atoms with Gasteiger partial charge in [-0.25, -0.2) is 8.42 Å². The van der Waals surface area contributed by atoms with Gasteiger partial charge in [-0.05, 0) is 31.0 Å². The highest BCUT2D eigenvalue weighted by Gasteiger charge is 2.17. The summed E-state index contributed by atoms with van der Waals surface area (Å²) >= 11 is 5.82. The van der Waals surface area contributed by atoms with Crippen LogP contribution < -0.4 is 0 Å². The molecule has 0 aliphatic rings. The van der Waals surface area contributed by atoms with Crippen molar-refractivity contribution in [1.82, 2.24) is 4.90 Å². The molecule has 0 spiro atoms. The summed E-state index contributed by atoms with van der Waals surface area (Å²) in [6, 6.07) is 3.85. The Labute approximate surface area is 128 Å². The van der Waals surface area contributed by atoms with Crippen molar-refractivity contribution < 1.29 is 13.2 Å². The maximum atomic E-state index is 12.2. The van der Waals surface area contributed by atoms with E-state index in [4.69, 9.17) is 22.3 Å². The van der Waals surface area contributed by atoms with Crippen molar-refractivity contribution in [2.45, 2.75) is 17.7 Å². The number of hydrogen-bond donors (Lipinski definition) is 0. The Morgan fingerprint density at radius 1 is 1.40 bits per heavy atom. The summed E-state index contributed by atoms with van der Waals surface area (Å²) < 4.78 is 22.6. The molecule has 7 heteroatoms. The van der Waals surface area contributed by atoms with E-state index in [1.807, 2.05) is 0 Å². The van der Waals surface area contributed by atoms with E-state index in [-0.39, 0.29) is 21.4 Å². The molecule has 0 radical (unpaired) electrons. The minimum Gasteiger partial charge on any atom is -0.342 e. The smallest absolute Gasteiger partial charge is 0.261 e. The van der Waals surface area contributed by atoms with Gasteiger partial charge < -0.3 is 4.90 Å². The van der Waals surface area contributed by atoms with Crippen molar-refractivity contribution >= 4 is 37.2 Å². The third-order valence-electron chi connectivity index (χ3n) is 2.65. The van der Waals surface area contributed by atoms with E-state index in [1.165, 1.54) is 23.1 Å². The summed E-state index contributed by atoms with van der Waals surface area (Å²) in [5, 5.41) is 0.148. The highest BCUT2D eigenvalue weighted by Crippen LogP contribution is 2.22. The van der Waals surface area contributed by atoms with Gasteiger partial charge in [0, 0.05) is 34.9 Å². The summed E-state index contributed by atoms with van der Waals surface area (Å²) in [6.07, 6.45) is 3.36. The van der Waals surface area contributed by atoms with E-state index in [2.05, 4.69) is 6.58 Å². The van der Waals surface area contributed by atoms with Gasteiger partial charge in [-0.15, -0.1) is 6.58 Å². The molecule has 4 nitrogen and oxygen atoms in total. The second-order valence-electron chi connectivity index (χ2n) is 4.27. The normalized spacial score (nSPS) is 11.2. The second kappa shape index (κ2) is 7.11. The third kappa shape index (κ3) is 4.81. The quantitative estimate of drug-likeness (QED) is 0.455. The number of rotatable bonds is 6. The first kappa shape index (κ1) is 17.0. The molecule has 0 bridgehead atoms. The Bertz CT molecular complexity index is 614. The summed E-state index contributed by atoms with van der Waals surface area (Å²) in [5.41, 5.74) is 0.192. The Morgan fingerprint density at radius 3 is 2.60 bits per heavy atom. The molecule has 0 heterocycles. The van der Waals surface area contributed by atoms with E-state index >= 15 is 0 Å². The molecule has 0 aliphatic carbocycles. The number of halogens is 2. The maximum Gasteiger partial charge on any atom is 0.261 e. The molecular formula is C13H15Cl2NO3S. The summed E-state index contributed by atoms with van der Waals surface area (Å²) in [7, 11) is 2.98.